The summed E-state index contributed by atoms with van der Waals surface area (Å²) in [4.78, 5) is 13.0. The van der Waals surface area contributed by atoms with Gasteiger partial charge in [0.2, 0.25) is 0 Å². The first kappa shape index (κ1) is 18.7. The highest BCUT2D eigenvalue weighted by molar-refractivity contribution is 6.14. The van der Waals surface area contributed by atoms with Gasteiger partial charge in [0, 0.05) is 5.92 Å². The van der Waals surface area contributed by atoms with E-state index in [-0.39, 0.29) is 11.2 Å². The Balaban J connectivity index is 0.000000459. The molecule has 2 nitrogen and oxygen atoms in total. The topological polar surface area (TPSA) is 20.3 Å². The zero-order valence-electron chi connectivity index (χ0n) is 13.6. The minimum absolute atomic E-state index is 0.0432. The summed E-state index contributed by atoms with van der Waals surface area (Å²) < 4.78 is 0. The summed E-state index contributed by atoms with van der Waals surface area (Å²) in [6.45, 7) is 7.66. The van der Waals surface area contributed by atoms with Crippen LogP contribution in [0.1, 0.15) is 59.3 Å². The Morgan fingerprint density at radius 2 is 2.00 bits per heavy atom. The molecule has 3 heteroatoms. The van der Waals surface area contributed by atoms with Gasteiger partial charge in [0.1, 0.15) is 6.29 Å². The first-order valence-electron chi connectivity index (χ1n) is 7.75. The SMILES string of the molecule is CCCN(C)C.[B]C1(C)CCCC(C=O)C(CC)C1. The van der Waals surface area contributed by atoms with Crippen LogP contribution in [0.25, 0.3) is 0 Å². The quantitative estimate of drug-likeness (QED) is 0.439. The number of nitrogens with zero attached hydrogens (tertiary/aromatic N) is 1. The fourth-order valence-electron chi connectivity index (χ4n) is 2.90. The molecule has 0 amide bonds. The maximum absolute atomic E-state index is 10.9. The minimum atomic E-state index is -0.0432. The predicted octanol–water partition coefficient (Wildman–Crippen LogP) is 3.71. The van der Waals surface area contributed by atoms with Gasteiger partial charge in [-0.15, -0.1) is 0 Å². The fraction of sp³-hybridized carbons (Fsp3) is 0.938. The van der Waals surface area contributed by atoms with Crippen LogP contribution in [0.3, 0.4) is 0 Å². The average molecular weight is 265 g/mol. The van der Waals surface area contributed by atoms with E-state index in [1.54, 1.807) is 0 Å². The zero-order valence-corrected chi connectivity index (χ0v) is 13.6. The monoisotopic (exact) mass is 265 g/mol. The first-order chi connectivity index (χ1) is 8.86. The molecule has 3 unspecified atom stereocenters. The van der Waals surface area contributed by atoms with E-state index >= 15 is 0 Å². The van der Waals surface area contributed by atoms with E-state index in [0.29, 0.717) is 5.92 Å². The van der Waals surface area contributed by atoms with Crippen molar-refractivity contribution < 1.29 is 4.79 Å². The Morgan fingerprint density at radius 3 is 2.37 bits per heavy atom. The van der Waals surface area contributed by atoms with Gasteiger partial charge in [-0.1, -0.05) is 51.8 Å². The molecule has 1 aliphatic rings. The predicted molar refractivity (Wildman–Crippen MR) is 84.8 cm³/mol. The molecule has 19 heavy (non-hydrogen) atoms. The van der Waals surface area contributed by atoms with E-state index in [0.717, 1.165) is 38.4 Å². The van der Waals surface area contributed by atoms with E-state index in [2.05, 4.69) is 39.8 Å². The van der Waals surface area contributed by atoms with Gasteiger partial charge in [0.05, 0.1) is 7.85 Å². The molecule has 0 bridgehead atoms. The van der Waals surface area contributed by atoms with Crippen LogP contribution in [-0.2, 0) is 4.79 Å². The van der Waals surface area contributed by atoms with Crippen molar-refractivity contribution in [2.24, 2.45) is 11.8 Å². The molecular formula is C16H32BNO. The lowest BCUT2D eigenvalue weighted by atomic mass is 9.63. The van der Waals surface area contributed by atoms with Crippen molar-refractivity contribution in [2.45, 2.75) is 64.6 Å². The summed E-state index contributed by atoms with van der Waals surface area (Å²) in [5, 5.41) is -0.0432. The summed E-state index contributed by atoms with van der Waals surface area (Å²) >= 11 is 0. The van der Waals surface area contributed by atoms with E-state index in [4.69, 9.17) is 7.85 Å². The molecule has 1 aliphatic carbocycles. The Kier molecular flexibility index (Phi) is 9.42. The van der Waals surface area contributed by atoms with E-state index in [1.165, 1.54) is 13.0 Å². The number of rotatable bonds is 4. The van der Waals surface area contributed by atoms with E-state index in [9.17, 15) is 4.79 Å². The Labute approximate surface area is 121 Å². The Morgan fingerprint density at radius 1 is 1.37 bits per heavy atom. The maximum Gasteiger partial charge on any atom is 0.123 e. The van der Waals surface area contributed by atoms with Crippen LogP contribution in [0.5, 0.6) is 0 Å². The summed E-state index contributed by atoms with van der Waals surface area (Å²) in [5.41, 5.74) is 0. The van der Waals surface area contributed by atoms with Crippen LogP contribution in [0.4, 0.5) is 0 Å². The van der Waals surface area contributed by atoms with Gasteiger partial charge in [-0.3, -0.25) is 0 Å². The molecule has 0 N–H and O–H groups in total. The number of hydrogen-bond donors (Lipinski definition) is 0. The summed E-state index contributed by atoms with van der Waals surface area (Å²) in [5.74, 6) is 0.769. The Bertz CT molecular complexity index is 241. The van der Waals surface area contributed by atoms with Crippen molar-refractivity contribution in [1.82, 2.24) is 4.90 Å². The van der Waals surface area contributed by atoms with Crippen LogP contribution in [-0.4, -0.2) is 39.7 Å². The lowest BCUT2D eigenvalue weighted by Crippen LogP contribution is -2.18. The molecule has 0 heterocycles. The van der Waals surface area contributed by atoms with Crippen molar-refractivity contribution in [3.63, 3.8) is 0 Å². The molecule has 1 rings (SSSR count). The number of hydrogen-bond acceptors (Lipinski definition) is 2. The molecule has 2 radical (unpaired) electrons. The maximum atomic E-state index is 10.9. The molecule has 1 saturated carbocycles. The van der Waals surface area contributed by atoms with Crippen molar-refractivity contribution in [3.8, 4) is 0 Å². The third-order valence-corrected chi connectivity index (χ3v) is 3.99. The number of aldehydes is 1. The van der Waals surface area contributed by atoms with Crippen molar-refractivity contribution >= 4 is 14.1 Å². The number of carbonyl (C=O) groups excluding carboxylic acids is 1. The highest BCUT2D eigenvalue weighted by Crippen LogP contribution is 2.43. The molecule has 110 valence electrons. The highest BCUT2D eigenvalue weighted by Gasteiger charge is 2.30. The summed E-state index contributed by atoms with van der Waals surface area (Å²) in [6, 6.07) is 0. The van der Waals surface area contributed by atoms with Gasteiger partial charge >= 0.3 is 0 Å². The van der Waals surface area contributed by atoms with E-state index in [1.807, 2.05) is 0 Å². The van der Waals surface area contributed by atoms with Crippen molar-refractivity contribution in [2.75, 3.05) is 20.6 Å². The van der Waals surface area contributed by atoms with Gasteiger partial charge in [0.15, 0.2) is 0 Å². The number of carbonyl (C=O) groups is 1. The molecule has 0 aliphatic heterocycles. The van der Waals surface area contributed by atoms with Gasteiger partial charge < -0.3 is 9.69 Å². The summed E-state index contributed by atoms with van der Waals surface area (Å²) in [6.07, 6.45) is 7.68. The van der Waals surface area contributed by atoms with Crippen molar-refractivity contribution in [3.05, 3.63) is 0 Å². The van der Waals surface area contributed by atoms with Crippen LogP contribution in [0.15, 0.2) is 0 Å². The van der Waals surface area contributed by atoms with Crippen LogP contribution in [0.2, 0.25) is 5.31 Å². The highest BCUT2D eigenvalue weighted by atomic mass is 16.1. The van der Waals surface area contributed by atoms with Gasteiger partial charge in [-0.2, -0.15) is 0 Å². The molecule has 1 fully saturated rings. The largest absolute Gasteiger partial charge is 0.309 e. The van der Waals surface area contributed by atoms with Gasteiger partial charge in [-0.05, 0) is 39.4 Å². The lowest BCUT2D eigenvalue weighted by Gasteiger charge is -2.27. The normalized spacial score (nSPS) is 31.3. The van der Waals surface area contributed by atoms with Gasteiger partial charge in [0.25, 0.3) is 0 Å². The minimum Gasteiger partial charge on any atom is -0.309 e. The van der Waals surface area contributed by atoms with E-state index < -0.39 is 0 Å². The average Bonchev–Trinajstić information content (AvgIpc) is 2.47. The van der Waals surface area contributed by atoms with Crippen LogP contribution >= 0.6 is 0 Å². The summed E-state index contributed by atoms with van der Waals surface area (Å²) in [7, 11) is 10.3. The molecule has 3 atom stereocenters. The third kappa shape index (κ3) is 8.46. The second-order valence-corrected chi connectivity index (χ2v) is 6.52. The fourth-order valence-corrected chi connectivity index (χ4v) is 2.90. The van der Waals surface area contributed by atoms with Crippen molar-refractivity contribution in [1.29, 1.82) is 0 Å². The van der Waals surface area contributed by atoms with Gasteiger partial charge in [-0.25, -0.2) is 0 Å². The van der Waals surface area contributed by atoms with Crippen LogP contribution < -0.4 is 0 Å². The first-order valence-corrected chi connectivity index (χ1v) is 7.75. The third-order valence-electron chi connectivity index (χ3n) is 3.99. The standard InChI is InChI=1S/C11H19BO.C5H13N/c1-3-9-7-11(2,12)6-4-5-10(9)8-13;1-4-5-6(2)3/h8-10H,3-7H2,1-2H3;4-5H2,1-3H3. The zero-order chi connectivity index (χ0) is 14.9. The molecule has 0 aromatic carbocycles. The second-order valence-electron chi connectivity index (χ2n) is 6.52. The Hall–Kier alpha value is -0.305. The molecular weight excluding hydrogens is 233 g/mol. The molecule has 0 aromatic heterocycles. The molecule has 0 spiro atoms. The smallest absolute Gasteiger partial charge is 0.123 e. The second kappa shape index (κ2) is 9.58. The lowest BCUT2D eigenvalue weighted by molar-refractivity contribution is -0.112. The molecule has 0 saturated heterocycles. The van der Waals surface area contributed by atoms with Crippen LogP contribution in [0, 0.1) is 11.8 Å². The molecule has 0 aromatic rings.